The highest BCUT2D eigenvalue weighted by molar-refractivity contribution is 5.98. The zero-order chi connectivity index (χ0) is 17.7. The van der Waals surface area contributed by atoms with Gasteiger partial charge in [0.1, 0.15) is 17.8 Å². The van der Waals surface area contributed by atoms with E-state index < -0.39 is 0 Å². The zero-order valence-corrected chi connectivity index (χ0v) is 14.1. The number of hydrogen-bond acceptors (Lipinski definition) is 5. The van der Waals surface area contributed by atoms with Gasteiger partial charge in [-0.3, -0.25) is 0 Å². The number of anilines is 2. The molecule has 0 amide bonds. The lowest BCUT2D eigenvalue weighted by molar-refractivity contribution is 0.488. The van der Waals surface area contributed by atoms with Gasteiger partial charge in [-0.15, -0.1) is 0 Å². The number of aromatic nitrogens is 4. The summed E-state index contributed by atoms with van der Waals surface area (Å²) in [4.78, 5) is 8.67. The molecule has 6 nitrogen and oxygen atoms in total. The summed E-state index contributed by atoms with van der Waals surface area (Å²) >= 11 is 0. The number of nitrogens with two attached hydrogens (primary N) is 2. The summed E-state index contributed by atoms with van der Waals surface area (Å²) in [5.41, 5.74) is 18.1. The Hall–Kier alpha value is -3.41. The maximum Gasteiger partial charge on any atom is 0.164 e. The van der Waals surface area contributed by atoms with Crippen LogP contribution < -0.4 is 11.5 Å². The number of hydrogen-bond donors (Lipinski definition) is 2. The molecule has 0 saturated heterocycles. The van der Waals surface area contributed by atoms with Gasteiger partial charge >= 0.3 is 0 Å². The van der Waals surface area contributed by atoms with E-state index in [0.717, 1.165) is 35.1 Å². The minimum absolute atomic E-state index is 0.221. The molecule has 0 unspecified atom stereocenters. The Balaban J connectivity index is 1.69. The summed E-state index contributed by atoms with van der Waals surface area (Å²) in [7, 11) is 0. The second kappa shape index (κ2) is 5.56. The minimum atomic E-state index is 0.221. The van der Waals surface area contributed by atoms with Gasteiger partial charge in [-0.1, -0.05) is 36.4 Å². The number of rotatable bonds is 2. The maximum atomic E-state index is 6.19. The Morgan fingerprint density at radius 3 is 2.42 bits per heavy atom. The quantitative estimate of drug-likeness (QED) is 0.546. The van der Waals surface area contributed by atoms with E-state index in [2.05, 4.69) is 34.2 Å². The average Bonchev–Trinajstić information content (AvgIpc) is 3.23. The van der Waals surface area contributed by atoms with E-state index in [1.54, 1.807) is 0 Å². The molecular weight excluding hydrogens is 324 g/mol. The molecule has 0 saturated carbocycles. The van der Waals surface area contributed by atoms with Gasteiger partial charge in [0, 0.05) is 11.3 Å². The van der Waals surface area contributed by atoms with Crippen molar-refractivity contribution in [1.29, 1.82) is 0 Å². The third-order valence-electron chi connectivity index (χ3n) is 5.05. The fraction of sp³-hybridized carbons (Fsp3) is 0.150. The summed E-state index contributed by atoms with van der Waals surface area (Å²) < 4.78 is 2.01. The highest BCUT2D eigenvalue weighted by atomic mass is 15.3. The van der Waals surface area contributed by atoms with Crippen molar-refractivity contribution in [3.05, 3.63) is 66.0 Å². The molecule has 0 spiro atoms. The molecule has 128 valence electrons. The van der Waals surface area contributed by atoms with E-state index >= 15 is 0 Å². The SMILES string of the molecule is Nc1cccc(-c2nn(C3Cc4ccccc4C3)c3ncnc(N)c23)c1. The first-order valence-corrected chi connectivity index (χ1v) is 8.62. The van der Waals surface area contributed by atoms with E-state index in [4.69, 9.17) is 16.6 Å². The Labute approximate surface area is 150 Å². The Bertz CT molecular complexity index is 1110. The van der Waals surface area contributed by atoms with E-state index in [-0.39, 0.29) is 6.04 Å². The largest absolute Gasteiger partial charge is 0.399 e. The number of nitrogens with zero attached hydrogens (tertiary/aromatic N) is 4. The molecule has 6 heteroatoms. The molecular formula is C20H18N6. The lowest BCUT2D eigenvalue weighted by Gasteiger charge is -2.10. The van der Waals surface area contributed by atoms with Crippen molar-refractivity contribution in [1.82, 2.24) is 19.7 Å². The first-order chi connectivity index (χ1) is 12.7. The Morgan fingerprint density at radius 2 is 1.69 bits per heavy atom. The molecule has 0 fully saturated rings. The van der Waals surface area contributed by atoms with Crippen molar-refractivity contribution in [2.75, 3.05) is 11.5 Å². The monoisotopic (exact) mass is 342 g/mol. The van der Waals surface area contributed by atoms with Crippen LogP contribution >= 0.6 is 0 Å². The first-order valence-electron chi connectivity index (χ1n) is 8.62. The van der Waals surface area contributed by atoms with Crippen LogP contribution in [0.3, 0.4) is 0 Å². The minimum Gasteiger partial charge on any atom is -0.399 e. The predicted octanol–water partition coefficient (Wildman–Crippen LogP) is 3.00. The van der Waals surface area contributed by atoms with Gasteiger partial charge in [0.2, 0.25) is 0 Å². The molecule has 0 bridgehead atoms. The molecule has 1 aliphatic carbocycles. The fourth-order valence-electron chi connectivity index (χ4n) is 3.85. The van der Waals surface area contributed by atoms with E-state index in [1.807, 2.05) is 28.9 Å². The smallest absolute Gasteiger partial charge is 0.164 e. The van der Waals surface area contributed by atoms with E-state index in [0.29, 0.717) is 11.5 Å². The Kier molecular flexibility index (Phi) is 3.18. The topological polar surface area (TPSA) is 95.6 Å². The lowest BCUT2D eigenvalue weighted by atomic mass is 10.1. The van der Waals surface area contributed by atoms with Gasteiger partial charge in [-0.2, -0.15) is 5.10 Å². The summed E-state index contributed by atoms with van der Waals surface area (Å²) in [6.07, 6.45) is 3.38. The van der Waals surface area contributed by atoms with Crippen LogP contribution in [0.5, 0.6) is 0 Å². The molecule has 26 heavy (non-hydrogen) atoms. The predicted molar refractivity (Wildman–Crippen MR) is 102 cm³/mol. The van der Waals surface area contributed by atoms with Crippen molar-refractivity contribution in [3.8, 4) is 11.3 Å². The molecule has 1 aliphatic rings. The van der Waals surface area contributed by atoms with Crippen molar-refractivity contribution in [2.45, 2.75) is 18.9 Å². The lowest BCUT2D eigenvalue weighted by Crippen LogP contribution is -2.11. The van der Waals surface area contributed by atoms with Crippen LogP contribution in [0.2, 0.25) is 0 Å². The molecule has 4 aromatic rings. The van der Waals surface area contributed by atoms with Crippen LogP contribution in [0.15, 0.2) is 54.9 Å². The molecule has 5 rings (SSSR count). The highest BCUT2D eigenvalue weighted by Gasteiger charge is 2.27. The summed E-state index contributed by atoms with van der Waals surface area (Å²) in [6.45, 7) is 0. The number of nitrogen functional groups attached to an aromatic ring is 2. The third kappa shape index (κ3) is 2.23. The van der Waals surface area contributed by atoms with E-state index in [9.17, 15) is 0 Å². The normalized spacial score (nSPS) is 14.0. The molecule has 0 atom stereocenters. The molecule has 2 heterocycles. The zero-order valence-electron chi connectivity index (χ0n) is 14.1. The summed E-state index contributed by atoms with van der Waals surface area (Å²) in [5.74, 6) is 0.439. The maximum absolute atomic E-state index is 6.19. The first kappa shape index (κ1) is 14.9. The highest BCUT2D eigenvalue weighted by Crippen LogP contribution is 2.36. The van der Waals surface area contributed by atoms with Crippen LogP contribution in [0, 0.1) is 0 Å². The van der Waals surface area contributed by atoms with Gasteiger partial charge < -0.3 is 11.5 Å². The molecule has 2 aromatic heterocycles. The second-order valence-electron chi connectivity index (χ2n) is 6.71. The summed E-state index contributed by atoms with van der Waals surface area (Å²) in [6, 6.07) is 16.4. The molecule has 0 aliphatic heterocycles. The van der Waals surface area contributed by atoms with Gasteiger partial charge in [0.15, 0.2) is 5.65 Å². The van der Waals surface area contributed by atoms with Crippen molar-refractivity contribution >= 4 is 22.5 Å². The van der Waals surface area contributed by atoms with Crippen LogP contribution in [0.25, 0.3) is 22.3 Å². The molecule has 0 radical (unpaired) electrons. The number of benzene rings is 2. The van der Waals surface area contributed by atoms with Crippen molar-refractivity contribution < 1.29 is 0 Å². The van der Waals surface area contributed by atoms with E-state index in [1.165, 1.54) is 17.5 Å². The molecule has 4 N–H and O–H groups in total. The van der Waals surface area contributed by atoms with Crippen LogP contribution in [0.1, 0.15) is 17.2 Å². The summed E-state index contributed by atoms with van der Waals surface area (Å²) in [5, 5.41) is 5.69. The van der Waals surface area contributed by atoms with Crippen molar-refractivity contribution in [3.63, 3.8) is 0 Å². The van der Waals surface area contributed by atoms with Crippen LogP contribution in [-0.4, -0.2) is 19.7 Å². The van der Waals surface area contributed by atoms with Gasteiger partial charge in [0.05, 0.1) is 11.4 Å². The second-order valence-corrected chi connectivity index (χ2v) is 6.71. The van der Waals surface area contributed by atoms with Gasteiger partial charge in [0.25, 0.3) is 0 Å². The van der Waals surface area contributed by atoms with Crippen LogP contribution in [-0.2, 0) is 12.8 Å². The third-order valence-corrected chi connectivity index (χ3v) is 5.05. The number of fused-ring (bicyclic) bond motifs is 2. The van der Waals surface area contributed by atoms with Crippen molar-refractivity contribution in [2.24, 2.45) is 0 Å². The Morgan fingerprint density at radius 1 is 0.923 bits per heavy atom. The van der Waals surface area contributed by atoms with Crippen LogP contribution in [0.4, 0.5) is 11.5 Å². The van der Waals surface area contributed by atoms with Gasteiger partial charge in [-0.05, 0) is 36.1 Å². The fourth-order valence-corrected chi connectivity index (χ4v) is 3.85. The van der Waals surface area contributed by atoms with Gasteiger partial charge in [-0.25, -0.2) is 14.6 Å². The standard InChI is InChI=1S/C20H18N6/c21-15-7-3-6-14(8-15)18-17-19(22)23-11-24-20(17)26(25-18)16-9-12-4-1-2-5-13(12)10-16/h1-8,11,16H,9-10,21H2,(H2,22,23,24). The molecule has 2 aromatic carbocycles. The average molecular weight is 342 g/mol.